The monoisotopic (exact) mass is 317 g/mol. The fourth-order valence-corrected chi connectivity index (χ4v) is 2.06. The maximum absolute atomic E-state index is 13.0. The summed E-state index contributed by atoms with van der Waals surface area (Å²) in [5, 5.41) is 12.8. The van der Waals surface area contributed by atoms with E-state index in [1.165, 1.54) is 12.1 Å². The Bertz CT molecular complexity index is 673. The fourth-order valence-electron chi connectivity index (χ4n) is 2.06. The maximum atomic E-state index is 13.0. The van der Waals surface area contributed by atoms with Gasteiger partial charge in [0.2, 0.25) is 0 Å². The molecule has 0 aliphatic carbocycles. The number of rotatable bonds is 5. The highest BCUT2D eigenvalue weighted by Gasteiger charge is 2.31. The van der Waals surface area contributed by atoms with Crippen LogP contribution in [0, 0.1) is 5.82 Å². The Kier molecular flexibility index (Phi) is 5.43. The van der Waals surface area contributed by atoms with Crippen LogP contribution in [0.4, 0.5) is 4.39 Å². The number of halogens is 1. The van der Waals surface area contributed by atoms with Crippen molar-refractivity contribution in [2.75, 3.05) is 7.11 Å². The summed E-state index contributed by atoms with van der Waals surface area (Å²) in [5.41, 5.74) is 0.628. The number of benzene rings is 2. The zero-order chi connectivity index (χ0) is 16.8. The van der Waals surface area contributed by atoms with Gasteiger partial charge in [-0.3, -0.25) is 4.79 Å². The molecule has 6 heteroatoms. The molecule has 0 saturated heterocycles. The number of esters is 1. The molecule has 0 radical (unpaired) electrons. The van der Waals surface area contributed by atoms with Crippen molar-refractivity contribution in [3.8, 4) is 0 Å². The van der Waals surface area contributed by atoms with Crippen molar-refractivity contribution in [3.05, 3.63) is 71.5 Å². The normalized spacial score (nSPS) is 13.0. The molecule has 0 spiro atoms. The first-order valence-corrected chi connectivity index (χ1v) is 6.90. The summed E-state index contributed by atoms with van der Waals surface area (Å²) in [6.07, 6.45) is -1.37. The number of hydrogen-bond donors (Lipinski definition) is 2. The quantitative estimate of drug-likeness (QED) is 0.825. The topological polar surface area (TPSA) is 75.6 Å². The number of hydrogen-bond acceptors (Lipinski definition) is 4. The van der Waals surface area contributed by atoms with Gasteiger partial charge in [-0.25, -0.2) is 9.18 Å². The average molecular weight is 317 g/mol. The molecule has 1 amide bonds. The Morgan fingerprint density at radius 1 is 1.09 bits per heavy atom. The molecular formula is C17H16FNO4. The molecule has 2 N–H and O–H groups in total. The standard InChI is InChI=1S/C17H16FNO4/c1-23-17(22)14(15(20)11-7-9-13(18)10-8-11)19-16(21)12-5-3-2-4-6-12/h2-10,14-15,20H,1H3,(H,19,21)/t14-,15+/m1/s1. The summed E-state index contributed by atoms with van der Waals surface area (Å²) in [4.78, 5) is 24.1. The van der Waals surface area contributed by atoms with Gasteiger partial charge in [0.05, 0.1) is 7.11 Å². The summed E-state index contributed by atoms with van der Waals surface area (Å²) < 4.78 is 17.6. The average Bonchev–Trinajstić information content (AvgIpc) is 2.59. The van der Waals surface area contributed by atoms with Crippen molar-refractivity contribution < 1.29 is 23.8 Å². The molecule has 2 aromatic rings. The Labute approximate surface area is 132 Å². The predicted octanol–water partition coefficient (Wildman–Crippen LogP) is 1.83. The van der Waals surface area contributed by atoms with Crippen LogP contribution in [0.25, 0.3) is 0 Å². The number of aliphatic hydroxyl groups is 1. The Hall–Kier alpha value is -2.73. The van der Waals surface area contributed by atoms with Crippen LogP contribution < -0.4 is 5.32 Å². The van der Waals surface area contributed by atoms with Crippen LogP contribution in [0.15, 0.2) is 54.6 Å². The van der Waals surface area contributed by atoms with Gasteiger partial charge in [0, 0.05) is 5.56 Å². The number of carbonyl (C=O) groups excluding carboxylic acids is 2. The van der Waals surface area contributed by atoms with Gasteiger partial charge in [0.1, 0.15) is 11.9 Å². The second-order valence-corrected chi connectivity index (χ2v) is 4.84. The number of ether oxygens (including phenoxy) is 1. The van der Waals surface area contributed by atoms with Crippen molar-refractivity contribution in [3.63, 3.8) is 0 Å². The Morgan fingerprint density at radius 2 is 1.70 bits per heavy atom. The lowest BCUT2D eigenvalue weighted by atomic mass is 10.0. The van der Waals surface area contributed by atoms with E-state index in [-0.39, 0.29) is 5.56 Å². The molecule has 5 nitrogen and oxygen atoms in total. The summed E-state index contributed by atoms with van der Waals surface area (Å²) in [5.74, 6) is -1.79. The molecule has 0 fully saturated rings. The fraction of sp³-hybridized carbons (Fsp3) is 0.176. The summed E-state index contributed by atoms with van der Waals surface area (Å²) in [7, 11) is 1.15. The van der Waals surface area contributed by atoms with Gasteiger partial charge in [-0.15, -0.1) is 0 Å². The number of nitrogens with one attached hydrogen (secondary N) is 1. The van der Waals surface area contributed by atoms with Crippen LogP contribution in [0.5, 0.6) is 0 Å². The van der Waals surface area contributed by atoms with E-state index in [4.69, 9.17) is 0 Å². The van der Waals surface area contributed by atoms with Crippen molar-refractivity contribution in [2.45, 2.75) is 12.1 Å². The number of amides is 1. The zero-order valence-electron chi connectivity index (χ0n) is 12.4. The molecule has 2 atom stereocenters. The predicted molar refractivity (Wildman–Crippen MR) is 81.1 cm³/mol. The second-order valence-electron chi connectivity index (χ2n) is 4.84. The molecule has 0 saturated carbocycles. The largest absolute Gasteiger partial charge is 0.467 e. The van der Waals surface area contributed by atoms with Crippen LogP contribution in [-0.4, -0.2) is 30.1 Å². The zero-order valence-corrected chi connectivity index (χ0v) is 12.4. The molecule has 2 aromatic carbocycles. The number of carbonyl (C=O) groups is 2. The molecule has 0 aromatic heterocycles. The summed E-state index contributed by atoms with van der Waals surface area (Å²) in [6.45, 7) is 0. The van der Waals surface area contributed by atoms with E-state index in [0.717, 1.165) is 19.2 Å². The van der Waals surface area contributed by atoms with Gasteiger partial charge in [0.25, 0.3) is 5.91 Å². The summed E-state index contributed by atoms with van der Waals surface area (Å²) >= 11 is 0. The third-order valence-electron chi connectivity index (χ3n) is 3.30. The van der Waals surface area contributed by atoms with E-state index >= 15 is 0 Å². The smallest absolute Gasteiger partial charge is 0.331 e. The minimum atomic E-state index is -1.37. The van der Waals surface area contributed by atoms with Crippen molar-refractivity contribution in [1.82, 2.24) is 5.32 Å². The van der Waals surface area contributed by atoms with Crippen LogP contribution >= 0.6 is 0 Å². The van der Waals surface area contributed by atoms with Crippen molar-refractivity contribution in [1.29, 1.82) is 0 Å². The van der Waals surface area contributed by atoms with Gasteiger partial charge >= 0.3 is 5.97 Å². The third kappa shape index (κ3) is 4.14. The molecule has 0 heterocycles. The molecule has 23 heavy (non-hydrogen) atoms. The van der Waals surface area contributed by atoms with E-state index in [2.05, 4.69) is 10.1 Å². The highest BCUT2D eigenvalue weighted by atomic mass is 19.1. The molecular weight excluding hydrogens is 301 g/mol. The SMILES string of the molecule is COC(=O)[C@H](NC(=O)c1ccccc1)[C@@H](O)c1ccc(F)cc1. The Balaban J connectivity index is 2.21. The maximum Gasteiger partial charge on any atom is 0.331 e. The van der Waals surface area contributed by atoms with Gasteiger partial charge in [0.15, 0.2) is 6.04 Å². The van der Waals surface area contributed by atoms with Gasteiger partial charge < -0.3 is 15.2 Å². The van der Waals surface area contributed by atoms with E-state index in [9.17, 15) is 19.1 Å². The first-order valence-electron chi connectivity index (χ1n) is 6.90. The molecule has 0 unspecified atom stereocenters. The third-order valence-corrected chi connectivity index (χ3v) is 3.30. The van der Waals surface area contributed by atoms with E-state index in [0.29, 0.717) is 5.56 Å². The van der Waals surface area contributed by atoms with Crippen LogP contribution in [0.2, 0.25) is 0 Å². The first-order chi connectivity index (χ1) is 11.0. The highest BCUT2D eigenvalue weighted by molar-refractivity contribution is 5.96. The van der Waals surface area contributed by atoms with E-state index in [1.54, 1.807) is 30.3 Å². The molecule has 0 aliphatic rings. The van der Waals surface area contributed by atoms with Crippen molar-refractivity contribution >= 4 is 11.9 Å². The molecule has 0 aliphatic heterocycles. The van der Waals surface area contributed by atoms with Gasteiger partial charge in [-0.2, -0.15) is 0 Å². The number of aliphatic hydroxyl groups excluding tert-OH is 1. The summed E-state index contributed by atoms with van der Waals surface area (Å²) in [6, 6.07) is 12.0. The van der Waals surface area contributed by atoms with Crippen LogP contribution in [0.1, 0.15) is 22.0 Å². The lowest BCUT2D eigenvalue weighted by Crippen LogP contribution is -2.45. The minimum Gasteiger partial charge on any atom is -0.467 e. The Morgan fingerprint density at radius 3 is 2.26 bits per heavy atom. The van der Waals surface area contributed by atoms with E-state index < -0.39 is 29.8 Å². The lowest BCUT2D eigenvalue weighted by Gasteiger charge is -2.22. The molecule has 0 bridgehead atoms. The van der Waals surface area contributed by atoms with Crippen molar-refractivity contribution in [2.24, 2.45) is 0 Å². The minimum absolute atomic E-state index is 0.287. The first kappa shape index (κ1) is 16.6. The van der Waals surface area contributed by atoms with E-state index in [1.807, 2.05) is 0 Å². The molecule has 120 valence electrons. The lowest BCUT2D eigenvalue weighted by molar-refractivity contribution is -0.146. The molecule has 2 rings (SSSR count). The second kappa shape index (κ2) is 7.51. The number of methoxy groups -OCH3 is 1. The van der Waals surface area contributed by atoms with Gasteiger partial charge in [-0.1, -0.05) is 30.3 Å². The van der Waals surface area contributed by atoms with Gasteiger partial charge in [-0.05, 0) is 29.8 Å². The van der Waals surface area contributed by atoms with Crippen LogP contribution in [0.3, 0.4) is 0 Å². The van der Waals surface area contributed by atoms with Crippen LogP contribution in [-0.2, 0) is 9.53 Å². The highest BCUT2D eigenvalue weighted by Crippen LogP contribution is 2.19.